The first-order chi connectivity index (χ1) is 11.7. The van der Waals surface area contributed by atoms with Crippen molar-refractivity contribution in [3.63, 3.8) is 0 Å². The quantitative estimate of drug-likeness (QED) is 0.830. The van der Waals surface area contributed by atoms with Gasteiger partial charge in [-0.15, -0.1) is 0 Å². The zero-order valence-corrected chi connectivity index (χ0v) is 13.7. The molecular weight excluding hydrogens is 304 g/mol. The van der Waals surface area contributed by atoms with E-state index in [0.29, 0.717) is 6.54 Å². The molecule has 4 rings (SSSR count). The van der Waals surface area contributed by atoms with Crippen molar-refractivity contribution >= 4 is 22.6 Å². The van der Waals surface area contributed by atoms with Gasteiger partial charge in [-0.25, -0.2) is 0 Å². The van der Waals surface area contributed by atoms with Gasteiger partial charge < -0.3 is 14.6 Å². The van der Waals surface area contributed by atoms with Gasteiger partial charge in [0.2, 0.25) is 5.91 Å². The van der Waals surface area contributed by atoms with Crippen molar-refractivity contribution < 1.29 is 14.3 Å². The Bertz CT molecular complexity index is 770. The molecule has 1 aromatic heterocycles. The van der Waals surface area contributed by atoms with E-state index in [1.54, 1.807) is 0 Å². The van der Waals surface area contributed by atoms with Gasteiger partial charge in [-0.2, -0.15) is 0 Å². The third kappa shape index (κ3) is 3.08. The van der Waals surface area contributed by atoms with Gasteiger partial charge in [-0.3, -0.25) is 9.59 Å². The van der Waals surface area contributed by atoms with Crippen LogP contribution in [0.4, 0.5) is 0 Å². The molecule has 1 N–H and O–H groups in total. The molecule has 0 unspecified atom stereocenters. The average Bonchev–Trinajstić information content (AvgIpc) is 3.20. The lowest BCUT2D eigenvalue weighted by molar-refractivity contribution is -0.122. The molecule has 2 heterocycles. The number of fused-ring (bicyclic) bond motifs is 1. The highest BCUT2D eigenvalue weighted by atomic mass is 16.5. The van der Waals surface area contributed by atoms with E-state index in [-0.39, 0.29) is 30.3 Å². The number of aromatic nitrogens is 1. The molecule has 1 saturated heterocycles. The molecule has 1 aromatic carbocycles. The van der Waals surface area contributed by atoms with Crippen LogP contribution in [0.3, 0.4) is 0 Å². The van der Waals surface area contributed by atoms with Crippen LogP contribution < -0.4 is 5.32 Å². The second kappa shape index (κ2) is 6.40. The molecule has 0 spiro atoms. The van der Waals surface area contributed by atoms with Crippen molar-refractivity contribution in [3.05, 3.63) is 36.0 Å². The Labute approximate surface area is 141 Å². The fourth-order valence-electron chi connectivity index (χ4n) is 3.38. The van der Waals surface area contributed by atoms with Crippen molar-refractivity contribution in [2.75, 3.05) is 13.2 Å². The van der Waals surface area contributed by atoms with E-state index in [1.165, 1.54) is 0 Å². The van der Waals surface area contributed by atoms with E-state index in [1.807, 2.05) is 35.0 Å². The Kier molecular flexibility index (Phi) is 4.10. The van der Waals surface area contributed by atoms with Gasteiger partial charge in [0.1, 0.15) is 6.54 Å². The van der Waals surface area contributed by atoms with Crippen molar-refractivity contribution in [3.8, 4) is 0 Å². The maximum Gasteiger partial charge on any atom is 0.240 e. The minimum atomic E-state index is -0.0447. The Morgan fingerprint density at radius 1 is 1.21 bits per heavy atom. The molecule has 24 heavy (non-hydrogen) atoms. The number of benzene rings is 1. The highest BCUT2D eigenvalue weighted by Crippen LogP contribution is 2.35. The summed E-state index contributed by atoms with van der Waals surface area (Å²) in [6, 6.07) is 7.81. The fourth-order valence-corrected chi connectivity index (χ4v) is 3.38. The molecule has 0 bridgehead atoms. The molecule has 5 heteroatoms. The van der Waals surface area contributed by atoms with Crippen molar-refractivity contribution in [1.29, 1.82) is 0 Å². The zero-order valence-electron chi connectivity index (χ0n) is 13.7. The van der Waals surface area contributed by atoms with Crippen molar-refractivity contribution in [1.82, 2.24) is 9.88 Å². The number of hydrogen-bond donors (Lipinski definition) is 1. The maximum atomic E-state index is 12.5. The lowest BCUT2D eigenvalue weighted by atomic mass is 10.1. The van der Waals surface area contributed by atoms with Crippen LogP contribution in [0.2, 0.25) is 0 Å². The highest BCUT2D eigenvalue weighted by molar-refractivity contribution is 6.10. The molecule has 2 aliphatic rings. The van der Waals surface area contributed by atoms with Crippen molar-refractivity contribution in [2.45, 2.75) is 38.3 Å². The first-order valence-corrected chi connectivity index (χ1v) is 8.73. The lowest BCUT2D eigenvalue weighted by Gasteiger charge is -2.11. The van der Waals surface area contributed by atoms with E-state index >= 15 is 0 Å². The number of para-hydroxylation sites is 1. The minimum absolute atomic E-state index is 0.0447. The monoisotopic (exact) mass is 326 g/mol. The van der Waals surface area contributed by atoms with Gasteiger partial charge in [0.05, 0.1) is 6.10 Å². The standard InChI is InChI=1S/C19H22N2O3/c22-18(20-10-14-4-3-9-24-14)12-21-11-16(19(23)13-7-8-13)15-5-1-2-6-17(15)21/h1-2,5-6,11,13-14H,3-4,7-10,12H2,(H,20,22)/t14-/m1/s1. The molecule has 2 fully saturated rings. The fraction of sp³-hybridized carbons (Fsp3) is 0.474. The second-order valence-corrected chi connectivity index (χ2v) is 6.77. The summed E-state index contributed by atoms with van der Waals surface area (Å²) >= 11 is 0. The predicted molar refractivity (Wildman–Crippen MR) is 91.0 cm³/mol. The molecule has 0 radical (unpaired) electrons. The van der Waals surface area contributed by atoms with Crippen LogP contribution in [-0.2, 0) is 16.1 Å². The van der Waals surface area contributed by atoms with Crippen LogP contribution in [-0.4, -0.2) is 35.5 Å². The van der Waals surface area contributed by atoms with Crippen LogP contribution in [0.15, 0.2) is 30.5 Å². The molecule has 1 amide bonds. The van der Waals surface area contributed by atoms with Crippen molar-refractivity contribution in [2.24, 2.45) is 5.92 Å². The molecular formula is C19H22N2O3. The summed E-state index contributed by atoms with van der Waals surface area (Å²) < 4.78 is 7.41. The molecule has 1 saturated carbocycles. The topological polar surface area (TPSA) is 60.3 Å². The summed E-state index contributed by atoms with van der Waals surface area (Å²) in [5, 5.41) is 3.89. The highest BCUT2D eigenvalue weighted by Gasteiger charge is 2.32. The average molecular weight is 326 g/mol. The minimum Gasteiger partial charge on any atom is -0.376 e. The molecule has 1 aliphatic heterocycles. The van der Waals surface area contributed by atoms with E-state index in [4.69, 9.17) is 4.74 Å². The third-order valence-electron chi connectivity index (χ3n) is 4.87. The van der Waals surface area contributed by atoms with Crippen LogP contribution in [0, 0.1) is 5.92 Å². The van der Waals surface area contributed by atoms with Crippen LogP contribution in [0.5, 0.6) is 0 Å². The number of carbonyl (C=O) groups excluding carboxylic acids is 2. The van der Waals surface area contributed by atoms with E-state index in [0.717, 1.165) is 48.8 Å². The number of ketones is 1. The summed E-state index contributed by atoms with van der Waals surface area (Å²) in [5.41, 5.74) is 1.69. The van der Waals surface area contributed by atoms with Gasteiger partial charge in [-0.1, -0.05) is 18.2 Å². The van der Waals surface area contributed by atoms with Crippen LogP contribution in [0.25, 0.3) is 10.9 Å². The maximum absolute atomic E-state index is 12.5. The molecule has 5 nitrogen and oxygen atoms in total. The van der Waals surface area contributed by atoms with Gasteiger partial charge >= 0.3 is 0 Å². The summed E-state index contributed by atoms with van der Waals surface area (Å²) in [4.78, 5) is 24.8. The van der Waals surface area contributed by atoms with Gasteiger partial charge in [-0.05, 0) is 31.7 Å². The summed E-state index contributed by atoms with van der Waals surface area (Å²) in [7, 11) is 0. The largest absolute Gasteiger partial charge is 0.376 e. The molecule has 126 valence electrons. The SMILES string of the molecule is O=C(Cn1cc(C(=O)C2CC2)c2ccccc21)NC[C@H]1CCCO1. The predicted octanol–water partition coefficient (Wildman–Crippen LogP) is 2.53. The Hall–Kier alpha value is -2.14. The Morgan fingerprint density at radius 3 is 2.79 bits per heavy atom. The number of hydrogen-bond acceptors (Lipinski definition) is 3. The van der Waals surface area contributed by atoms with E-state index in [9.17, 15) is 9.59 Å². The molecule has 1 aliphatic carbocycles. The Balaban J connectivity index is 1.50. The second-order valence-electron chi connectivity index (χ2n) is 6.77. The first kappa shape index (κ1) is 15.4. The summed E-state index contributed by atoms with van der Waals surface area (Å²) in [5.74, 6) is 0.346. The van der Waals surface area contributed by atoms with Gasteiger partial charge in [0.15, 0.2) is 5.78 Å². The van der Waals surface area contributed by atoms with E-state index in [2.05, 4.69) is 5.32 Å². The number of nitrogens with zero attached hydrogens (tertiary/aromatic N) is 1. The number of rotatable bonds is 6. The number of carbonyl (C=O) groups is 2. The number of amides is 1. The van der Waals surface area contributed by atoms with Crippen LogP contribution >= 0.6 is 0 Å². The normalized spacial score (nSPS) is 20.4. The first-order valence-electron chi connectivity index (χ1n) is 8.73. The smallest absolute Gasteiger partial charge is 0.240 e. The van der Waals surface area contributed by atoms with Gasteiger partial charge in [0.25, 0.3) is 0 Å². The summed E-state index contributed by atoms with van der Waals surface area (Å²) in [6.07, 6.45) is 6.03. The third-order valence-corrected chi connectivity index (χ3v) is 4.87. The number of ether oxygens (including phenoxy) is 1. The Morgan fingerprint density at radius 2 is 2.04 bits per heavy atom. The number of nitrogens with one attached hydrogen (secondary N) is 1. The molecule has 1 atom stereocenters. The summed E-state index contributed by atoms with van der Waals surface area (Å²) in [6.45, 7) is 1.58. The van der Waals surface area contributed by atoms with E-state index < -0.39 is 0 Å². The zero-order chi connectivity index (χ0) is 16.5. The molecule has 2 aromatic rings. The van der Waals surface area contributed by atoms with Gasteiger partial charge in [0, 0.05) is 41.7 Å². The van der Waals surface area contributed by atoms with Crippen LogP contribution in [0.1, 0.15) is 36.0 Å². The lowest BCUT2D eigenvalue weighted by Crippen LogP contribution is -2.34. The number of Topliss-reactive ketones (excluding diaryl/α,β-unsaturated/α-hetero) is 1.